The molecular weight excluding hydrogens is 306 g/mol. The zero-order chi connectivity index (χ0) is 17.7. The second kappa shape index (κ2) is 8.15. The van der Waals surface area contributed by atoms with Crippen LogP contribution in [0.15, 0.2) is 12.1 Å². The normalized spacial score (nSPS) is 18.2. The number of amides is 2. The second-order valence-corrected chi connectivity index (χ2v) is 6.44. The predicted octanol–water partition coefficient (Wildman–Crippen LogP) is 1.88. The van der Waals surface area contributed by atoms with E-state index in [-0.39, 0.29) is 11.7 Å². The van der Waals surface area contributed by atoms with Crippen molar-refractivity contribution in [1.82, 2.24) is 10.2 Å². The zero-order valence-electron chi connectivity index (χ0n) is 14.7. The molecule has 0 bridgehead atoms. The van der Waals surface area contributed by atoms with Crippen LogP contribution in [0, 0.1) is 19.8 Å². The Hall–Kier alpha value is -2.08. The van der Waals surface area contributed by atoms with Crippen molar-refractivity contribution in [3.05, 3.63) is 28.8 Å². The first-order chi connectivity index (χ1) is 11.4. The van der Waals surface area contributed by atoms with Crippen molar-refractivity contribution in [3.63, 3.8) is 0 Å². The van der Waals surface area contributed by atoms with E-state index in [1.165, 1.54) is 0 Å². The number of ether oxygens (including phenoxy) is 1. The number of likely N-dealkylation sites (tertiary alicyclic amines) is 1. The lowest BCUT2D eigenvalue weighted by atomic mass is 9.88. The number of carbonyl (C=O) groups is 2. The van der Waals surface area contributed by atoms with Crippen LogP contribution in [0.2, 0.25) is 0 Å². The second-order valence-electron chi connectivity index (χ2n) is 6.44. The third-order valence-electron chi connectivity index (χ3n) is 4.55. The molecule has 132 valence electrons. The smallest absolute Gasteiger partial charge is 0.312 e. The van der Waals surface area contributed by atoms with Gasteiger partial charge in [-0.05, 0) is 56.5 Å². The number of rotatable bonds is 6. The Morgan fingerprint density at radius 2 is 2.00 bits per heavy atom. The van der Waals surface area contributed by atoms with Crippen LogP contribution < -0.4 is 15.8 Å². The maximum absolute atomic E-state index is 12.9. The molecule has 2 amide bonds. The lowest BCUT2D eigenvalue weighted by molar-refractivity contribution is 0.0821. The number of hydrogen-bond acceptors (Lipinski definition) is 4. The SMILES string of the molecule is COc1c(C)cc(C(=O)C2CCCN(CCNC(N)=O)C2)cc1C. The monoisotopic (exact) mass is 333 g/mol. The molecule has 3 N–H and O–H groups in total. The van der Waals surface area contributed by atoms with E-state index in [1.807, 2.05) is 26.0 Å². The molecule has 1 aromatic rings. The Labute approximate surface area is 143 Å². The number of ketones is 1. The summed E-state index contributed by atoms with van der Waals surface area (Å²) in [7, 11) is 1.65. The number of nitrogens with one attached hydrogen (secondary N) is 1. The predicted molar refractivity (Wildman–Crippen MR) is 93.5 cm³/mol. The highest BCUT2D eigenvalue weighted by Gasteiger charge is 2.27. The van der Waals surface area contributed by atoms with E-state index in [1.54, 1.807) is 7.11 Å². The number of aryl methyl sites for hydroxylation is 2. The van der Waals surface area contributed by atoms with E-state index < -0.39 is 6.03 Å². The van der Waals surface area contributed by atoms with Crippen molar-refractivity contribution < 1.29 is 14.3 Å². The molecule has 1 aliphatic rings. The molecule has 1 saturated heterocycles. The van der Waals surface area contributed by atoms with Crippen LogP contribution in [-0.4, -0.2) is 50.0 Å². The molecule has 6 nitrogen and oxygen atoms in total. The van der Waals surface area contributed by atoms with E-state index in [9.17, 15) is 9.59 Å². The summed E-state index contributed by atoms with van der Waals surface area (Å²) in [6.07, 6.45) is 1.89. The summed E-state index contributed by atoms with van der Waals surface area (Å²) in [5, 5.41) is 2.59. The average Bonchev–Trinajstić information content (AvgIpc) is 2.54. The van der Waals surface area contributed by atoms with E-state index in [0.717, 1.165) is 48.4 Å². The summed E-state index contributed by atoms with van der Waals surface area (Å²) in [6.45, 7) is 6.83. The summed E-state index contributed by atoms with van der Waals surface area (Å²) in [6, 6.07) is 3.33. The van der Waals surface area contributed by atoms with Crippen LogP contribution in [0.3, 0.4) is 0 Å². The van der Waals surface area contributed by atoms with Crippen LogP contribution in [0.1, 0.15) is 34.3 Å². The molecule has 0 spiro atoms. The largest absolute Gasteiger partial charge is 0.496 e. The number of benzene rings is 1. The topological polar surface area (TPSA) is 84.7 Å². The Kier molecular flexibility index (Phi) is 6.20. The highest BCUT2D eigenvalue weighted by atomic mass is 16.5. The van der Waals surface area contributed by atoms with Crippen LogP contribution >= 0.6 is 0 Å². The fraction of sp³-hybridized carbons (Fsp3) is 0.556. The van der Waals surface area contributed by atoms with Gasteiger partial charge in [-0.15, -0.1) is 0 Å². The third kappa shape index (κ3) is 4.47. The Bertz CT molecular complexity index is 593. The number of urea groups is 1. The number of methoxy groups -OCH3 is 1. The minimum Gasteiger partial charge on any atom is -0.496 e. The number of nitrogens with zero attached hydrogens (tertiary/aromatic N) is 1. The first-order valence-corrected chi connectivity index (χ1v) is 8.37. The molecule has 6 heteroatoms. The maximum atomic E-state index is 12.9. The molecule has 1 aromatic carbocycles. The molecule has 1 atom stereocenters. The lowest BCUT2D eigenvalue weighted by Crippen LogP contribution is -2.43. The van der Waals surface area contributed by atoms with Crippen molar-refractivity contribution in [2.75, 3.05) is 33.3 Å². The number of Topliss-reactive ketones (excluding diaryl/α,β-unsaturated/α-hetero) is 1. The number of piperidine rings is 1. The first kappa shape index (κ1) is 18.3. The van der Waals surface area contributed by atoms with Crippen LogP contribution in [0.25, 0.3) is 0 Å². The number of nitrogens with two attached hydrogens (primary N) is 1. The Balaban J connectivity index is 2.02. The van der Waals surface area contributed by atoms with E-state index in [4.69, 9.17) is 10.5 Å². The summed E-state index contributed by atoms with van der Waals surface area (Å²) >= 11 is 0. The quantitative estimate of drug-likeness (QED) is 0.779. The zero-order valence-corrected chi connectivity index (χ0v) is 14.7. The van der Waals surface area contributed by atoms with Gasteiger partial charge in [0.25, 0.3) is 0 Å². The van der Waals surface area contributed by atoms with Gasteiger partial charge in [0.2, 0.25) is 0 Å². The van der Waals surface area contributed by atoms with Gasteiger partial charge in [0.15, 0.2) is 5.78 Å². The minimum absolute atomic E-state index is 0.000442. The highest BCUT2D eigenvalue weighted by Crippen LogP contribution is 2.27. The molecule has 0 radical (unpaired) electrons. The van der Waals surface area contributed by atoms with Crippen molar-refractivity contribution in [2.45, 2.75) is 26.7 Å². The highest BCUT2D eigenvalue weighted by molar-refractivity contribution is 5.98. The molecule has 24 heavy (non-hydrogen) atoms. The van der Waals surface area contributed by atoms with Gasteiger partial charge in [0, 0.05) is 31.1 Å². The molecule has 1 fully saturated rings. The van der Waals surface area contributed by atoms with Gasteiger partial charge in [-0.2, -0.15) is 0 Å². The van der Waals surface area contributed by atoms with Gasteiger partial charge in [0.1, 0.15) is 5.75 Å². The van der Waals surface area contributed by atoms with Crippen LogP contribution in [-0.2, 0) is 0 Å². The van der Waals surface area contributed by atoms with Crippen LogP contribution in [0.4, 0.5) is 4.79 Å². The average molecular weight is 333 g/mol. The molecule has 2 rings (SSSR count). The summed E-state index contributed by atoms with van der Waals surface area (Å²) < 4.78 is 5.37. The summed E-state index contributed by atoms with van der Waals surface area (Å²) in [5.41, 5.74) is 7.81. The summed E-state index contributed by atoms with van der Waals surface area (Å²) in [5.74, 6) is 1.03. The first-order valence-electron chi connectivity index (χ1n) is 8.37. The molecule has 1 aliphatic heterocycles. The van der Waals surface area contributed by atoms with Crippen molar-refractivity contribution in [1.29, 1.82) is 0 Å². The number of carbonyl (C=O) groups excluding carboxylic acids is 2. The number of primary amides is 1. The molecule has 0 aliphatic carbocycles. The fourth-order valence-corrected chi connectivity index (χ4v) is 3.46. The third-order valence-corrected chi connectivity index (χ3v) is 4.55. The van der Waals surface area contributed by atoms with Crippen LogP contribution in [0.5, 0.6) is 5.75 Å². The molecular formula is C18H27N3O3. The lowest BCUT2D eigenvalue weighted by Gasteiger charge is -2.32. The van der Waals surface area contributed by atoms with Gasteiger partial charge < -0.3 is 20.7 Å². The van der Waals surface area contributed by atoms with Gasteiger partial charge in [0.05, 0.1) is 7.11 Å². The minimum atomic E-state index is -0.510. The van der Waals surface area contributed by atoms with Gasteiger partial charge in [-0.3, -0.25) is 4.79 Å². The fourth-order valence-electron chi connectivity index (χ4n) is 3.46. The van der Waals surface area contributed by atoms with E-state index in [2.05, 4.69) is 10.2 Å². The Morgan fingerprint density at radius 3 is 2.58 bits per heavy atom. The van der Waals surface area contributed by atoms with Gasteiger partial charge >= 0.3 is 6.03 Å². The molecule has 1 heterocycles. The van der Waals surface area contributed by atoms with Gasteiger partial charge in [-0.1, -0.05) is 0 Å². The standard InChI is InChI=1S/C18H27N3O3/c1-12-9-15(10-13(2)17(12)24-3)16(22)14-5-4-7-21(11-14)8-6-20-18(19)23/h9-10,14H,4-8,11H2,1-3H3,(H3,19,20,23). The van der Waals surface area contributed by atoms with E-state index >= 15 is 0 Å². The van der Waals surface area contributed by atoms with Crippen molar-refractivity contribution in [2.24, 2.45) is 11.7 Å². The maximum Gasteiger partial charge on any atom is 0.312 e. The number of hydrogen-bond donors (Lipinski definition) is 2. The van der Waals surface area contributed by atoms with Crippen molar-refractivity contribution >= 4 is 11.8 Å². The summed E-state index contributed by atoms with van der Waals surface area (Å²) in [4.78, 5) is 25.8. The molecule has 1 unspecified atom stereocenters. The Morgan fingerprint density at radius 1 is 1.33 bits per heavy atom. The van der Waals surface area contributed by atoms with E-state index in [0.29, 0.717) is 13.1 Å². The molecule has 0 aromatic heterocycles. The van der Waals surface area contributed by atoms with Crippen molar-refractivity contribution in [3.8, 4) is 5.75 Å². The van der Waals surface area contributed by atoms with Gasteiger partial charge in [-0.25, -0.2) is 4.79 Å². The molecule has 0 saturated carbocycles.